The van der Waals surface area contributed by atoms with E-state index < -0.39 is 0 Å². The Morgan fingerprint density at radius 3 is 2.53 bits per heavy atom. The van der Waals surface area contributed by atoms with Crippen LogP contribution >= 0.6 is 22.6 Å². The lowest BCUT2D eigenvalue weighted by Gasteiger charge is -2.20. The molecule has 0 fully saturated rings. The fourth-order valence-corrected chi connectivity index (χ4v) is 2.52. The zero-order valence-electron chi connectivity index (χ0n) is 10.9. The zero-order valence-corrected chi connectivity index (χ0v) is 13.1. The first-order valence-corrected chi connectivity index (χ1v) is 6.65. The van der Waals surface area contributed by atoms with Crippen LogP contribution in [0.3, 0.4) is 0 Å². The zero-order chi connectivity index (χ0) is 13.2. The van der Waals surface area contributed by atoms with Gasteiger partial charge in [-0.2, -0.15) is 0 Å². The van der Waals surface area contributed by atoms with Crippen molar-refractivity contribution in [3.05, 3.63) is 25.4 Å². The molecule has 0 aliphatic rings. The summed E-state index contributed by atoms with van der Waals surface area (Å²) < 4.78 is 5.86. The average molecular weight is 350 g/mol. The van der Waals surface area contributed by atoms with Gasteiger partial charge in [0.1, 0.15) is 9.39 Å². The topological polar surface area (TPSA) is 55.0 Å². The number of ether oxygens (including phenoxy) is 1. The summed E-state index contributed by atoms with van der Waals surface area (Å²) in [7, 11) is 1.65. The van der Waals surface area contributed by atoms with Gasteiger partial charge < -0.3 is 9.72 Å². The first-order chi connectivity index (χ1) is 7.75. The quantitative estimate of drug-likeness (QED) is 0.851. The third-order valence-electron chi connectivity index (χ3n) is 2.51. The van der Waals surface area contributed by atoms with Crippen molar-refractivity contribution in [3.63, 3.8) is 0 Å². The number of rotatable bonds is 3. The molecule has 1 atom stereocenters. The minimum absolute atomic E-state index is 0.0472. The molecule has 5 heteroatoms. The van der Waals surface area contributed by atoms with Crippen molar-refractivity contribution in [1.82, 2.24) is 9.97 Å². The van der Waals surface area contributed by atoms with E-state index in [9.17, 15) is 4.79 Å². The molecule has 0 aromatic carbocycles. The molecule has 1 aromatic rings. The summed E-state index contributed by atoms with van der Waals surface area (Å²) in [5, 5.41) is 0. The standard InChI is InChI=1S/C12H19IN2O2/c1-7(17-5)6-8-14-10(12(2,3)4)9(13)11(16)15-8/h7H,6H2,1-5H3,(H,14,15,16). The monoisotopic (exact) mass is 350 g/mol. The molecular weight excluding hydrogens is 331 g/mol. The van der Waals surface area contributed by atoms with Crippen molar-refractivity contribution in [2.24, 2.45) is 0 Å². The number of hydrogen-bond donors (Lipinski definition) is 1. The van der Waals surface area contributed by atoms with Crippen LogP contribution in [0.15, 0.2) is 4.79 Å². The van der Waals surface area contributed by atoms with E-state index in [1.807, 2.05) is 6.92 Å². The molecule has 0 spiro atoms. The van der Waals surface area contributed by atoms with Gasteiger partial charge >= 0.3 is 0 Å². The van der Waals surface area contributed by atoms with Gasteiger partial charge in [-0.1, -0.05) is 20.8 Å². The fraction of sp³-hybridized carbons (Fsp3) is 0.667. The van der Waals surface area contributed by atoms with Crippen molar-refractivity contribution < 1.29 is 4.74 Å². The molecule has 0 amide bonds. The summed E-state index contributed by atoms with van der Waals surface area (Å²) >= 11 is 2.05. The van der Waals surface area contributed by atoms with Gasteiger partial charge in [0.2, 0.25) is 0 Å². The number of nitrogens with zero attached hydrogens (tertiary/aromatic N) is 1. The molecule has 96 valence electrons. The Morgan fingerprint density at radius 2 is 2.06 bits per heavy atom. The largest absolute Gasteiger partial charge is 0.381 e. The Balaban J connectivity index is 3.20. The predicted octanol–water partition coefficient (Wildman–Crippen LogP) is 2.25. The number of aromatic amines is 1. The molecule has 4 nitrogen and oxygen atoms in total. The normalized spacial score (nSPS) is 13.8. The molecule has 0 radical (unpaired) electrons. The van der Waals surface area contributed by atoms with Crippen LogP contribution in [0.25, 0.3) is 0 Å². The number of H-pyrrole nitrogens is 1. The van der Waals surface area contributed by atoms with Gasteiger partial charge in [0.05, 0.1) is 11.8 Å². The summed E-state index contributed by atoms with van der Waals surface area (Å²) in [6.07, 6.45) is 0.664. The van der Waals surface area contributed by atoms with E-state index in [1.54, 1.807) is 7.11 Å². The number of methoxy groups -OCH3 is 1. The highest BCUT2D eigenvalue weighted by Crippen LogP contribution is 2.23. The Hall–Kier alpha value is -0.430. The molecule has 1 rings (SSSR count). The van der Waals surface area contributed by atoms with Crippen LogP contribution in [0, 0.1) is 3.57 Å². The third kappa shape index (κ3) is 3.77. The summed E-state index contributed by atoms with van der Waals surface area (Å²) in [4.78, 5) is 19.2. The second kappa shape index (κ2) is 5.48. The summed E-state index contributed by atoms with van der Waals surface area (Å²) in [5.74, 6) is 0.690. The number of aromatic nitrogens is 2. The molecule has 0 saturated carbocycles. The molecular formula is C12H19IN2O2. The lowest BCUT2D eigenvalue weighted by atomic mass is 9.92. The lowest BCUT2D eigenvalue weighted by molar-refractivity contribution is 0.117. The highest BCUT2D eigenvalue weighted by molar-refractivity contribution is 14.1. The van der Waals surface area contributed by atoms with Crippen LogP contribution in [-0.2, 0) is 16.6 Å². The minimum Gasteiger partial charge on any atom is -0.381 e. The fourth-order valence-electron chi connectivity index (χ4n) is 1.45. The van der Waals surface area contributed by atoms with E-state index in [4.69, 9.17) is 4.74 Å². The van der Waals surface area contributed by atoms with Crippen LogP contribution in [-0.4, -0.2) is 23.2 Å². The molecule has 0 bridgehead atoms. The van der Waals surface area contributed by atoms with Gasteiger partial charge in [-0.15, -0.1) is 0 Å². The van der Waals surface area contributed by atoms with Crippen LogP contribution in [0.2, 0.25) is 0 Å². The van der Waals surface area contributed by atoms with Gasteiger partial charge in [-0.25, -0.2) is 4.98 Å². The molecule has 1 aromatic heterocycles. The number of nitrogens with one attached hydrogen (secondary N) is 1. The molecule has 0 aliphatic carbocycles. The molecule has 0 aliphatic heterocycles. The Labute approximate surface area is 115 Å². The summed E-state index contributed by atoms with van der Waals surface area (Å²) in [6.45, 7) is 8.12. The first-order valence-electron chi connectivity index (χ1n) is 5.57. The van der Waals surface area contributed by atoms with E-state index in [0.717, 1.165) is 5.69 Å². The maximum absolute atomic E-state index is 11.8. The number of halogens is 1. The number of hydrogen-bond acceptors (Lipinski definition) is 3. The SMILES string of the molecule is COC(C)Cc1nc(C(C)(C)C)c(I)c(=O)[nH]1. The second-order valence-corrected chi connectivity index (χ2v) is 6.25. The molecule has 0 saturated heterocycles. The highest BCUT2D eigenvalue weighted by atomic mass is 127. The molecule has 1 unspecified atom stereocenters. The van der Waals surface area contributed by atoms with Gasteiger partial charge in [-0.3, -0.25) is 4.79 Å². The van der Waals surface area contributed by atoms with Crippen LogP contribution in [0.5, 0.6) is 0 Å². The minimum atomic E-state index is -0.129. The highest BCUT2D eigenvalue weighted by Gasteiger charge is 2.22. The predicted molar refractivity (Wildman–Crippen MR) is 76.4 cm³/mol. The van der Waals surface area contributed by atoms with Gasteiger partial charge in [0, 0.05) is 18.9 Å². The lowest BCUT2D eigenvalue weighted by Crippen LogP contribution is -2.26. The average Bonchev–Trinajstić information content (AvgIpc) is 2.21. The van der Waals surface area contributed by atoms with Crippen LogP contribution in [0.1, 0.15) is 39.2 Å². The summed E-state index contributed by atoms with van der Waals surface area (Å²) in [5.41, 5.74) is 0.652. The van der Waals surface area contributed by atoms with E-state index in [0.29, 0.717) is 15.8 Å². The Kier molecular flexibility index (Phi) is 4.71. The molecule has 17 heavy (non-hydrogen) atoms. The summed E-state index contributed by atoms with van der Waals surface area (Å²) in [6, 6.07) is 0. The van der Waals surface area contributed by atoms with Crippen molar-refractivity contribution in [2.45, 2.75) is 45.6 Å². The van der Waals surface area contributed by atoms with E-state index in [-0.39, 0.29) is 17.1 Å². The Bertz CT molecular complexity index is 449. The van der Waals surface area contributed by atoms with E-state index >= 15 is 0 Å². The van der Waals surface area contributed by atoms with Crippen LogP contribution in [0.4, 0.5) is 0 Å². The first kappa shape index (κ1) is 14.6. The smallest absolute Gasteiger partial charge is 0.264 e. The third-order valence-corrected chi connectivity index (χ3v) is 3.51. The Morgan fingerprint density at radius 1 is 1.47 bits per heavy atom. The van der Waals surface area contributed by atoms with Gasteiger partial charge in [-0.05, 0) is 29.5 Å². The maximum Gasteiger partial charge on any atom is 0.264 e. The van der Waals surface area contributed by atoms with Crippen molar-refractivity contribution in [3.8, 4) is 0 Å². The second-order valence-electron chi connectivity index (χ2n) is 5.18. The molecule has 1 heterocycles. The van der Waals surface area contributed by atoms with Crippen LogP contribution < -0.4 is 5.56 Å². The van der Waals surface area contributed by atoms with Crippen molar-refractivity contribution in [1.29, 1.82) is 0 Å². The maximum atomic E-state index is 11.8. The van der Waals surface area contributed by atoms with Gasteiger partial charge in [0.15, 0.2) is 0 Å². The molecule has 1 N–H and O–H groups in total. The van der Waals surface area contributed by atoms with Crippen molar-refractivity contribution in [2.75, 3.05) is 7.11 Å². The van der Waals surface area contributed by atoms with E-state index in [2.05, 4.69) is 53.3 Å². The van der Waals surface area contributed by atoms with Crippen molar-refractivity contribution >= 4 is 22.6 Å². The van der Waals surface area contributed by atoms with E-state index in [1.165, 1.54) is 0 Å². The van der Waals surface area contributed by atoms with Gasteiger partial charge in [0.25, 0.3) is 5.56 Å².